The minimum Gasteiger partial charge on any atom is -0.462 e. The lowest BCUT2D eigenvalue weighted by molar-refractivity contribution is 0.0527. The van der Waals surface area contributed by atoms with Gasteiger partial charge in [-0.2, -0.15) is 0 Å². The van der Waals surface area contributed by atoms with E-state index in [0.717, 1.165) is 0 Å². The lowest BCUT2D eigenvalue weighted by atomic mass is 10.2. The summed E-state index contributed by atoms with van der Waals surface area (Å²) in [5.74, 6) is -0.482. The van der Waals surface area contributed by atoms with Crippen LogP contribution in [0.3, 0.4) is 0 Å². The first-order chi connectivity index (χ1) is 8.65. The molecule has 0 radical (unpaired) electrons. The number of ether oxygens (including phenoxy) is 1. The fourth-order valence-electron chi connectivity index (χ4n) is 1.45. The fourth-order valence-corrected chi connectivity index (χ4v) is 1.61. The minimum absolute atomic E-state index is 0.242. The van der Waals surface area contributed by atoms with Crippen molar-refractivity contribution >= 4 is 23.3 Å². The zero-order valence-corrected chi connectivity index (χ0v) is 11.2. The van der Waals surface area contributed by atoms with Crippen LogP contribution in [0.5, 0.6) is 0 Å². The number of halogens is 1. The van der Waals surface area contributed by atoms with Gasteiger partial charge in [-0.05, 0) is 38.9 Å². The Kier molecular flexibility index (Phi) is 6.46. The second kappa shape index (κ2) is 7.89. The van der Waals surface area contributed by atoms with E-state index in [-0.39, 0.29) is 16.4 Å². The van der Waals surface area contributed by atoms with Crippen molar-refractivity contribution in [1.29, 1.82) is 0 Å². The van der Waals surface area contributed by atoms with Crippen LogP contribution in [0.15, 0.2) is 12.3 Å². The van der Waals surface area contributed by atoms with Crippen molar-refractivity contribution in [3.63, 3.8) is 0 Å². The van der Waals surface area contributed by atoms with Gasteiger partial charge in [0.1, 0.15) is 10.7 Å². The van der Waals surface area contributed by atoms with Gasteiger partial charge in [-0.1, -0.05) is 11.6 Å². The van der Waals surface area contributed by atoms with E-state index < -0.39 is 5.97 Å². The minimum atomic E-state index is -0.482. The summed E-state index contributed by atoms with van der Waals surface area (Å²) >= 11 is 5.56. The summed E-state index contributed by atoms with van der Waals surface area (Å²) < 4.78 is 4.75. The Morgan fingerprint density at radius 1 is 1.56 bits per heavy atom. The first kappa shape index (κ1) is 14.7. The molecule has 1 aliphatic rings. The summed E-state index contributed by atoms with van der Waals surface area (Å²) in [6.45, 7) is 4.53. The van der Waals surface area contributed by atoms with Crippen LogP contribution in [0.4, 0.5) is 5.69 Å². The molecule has 0 saturated carbocycles. The van der Waals surface area contributed by atoms with Crippen molar-refractivity contribution in [3.8, 4) is 0 Å². The van der Waals surface area contributed by atoms with Crippen molar-refractivity contribution in [2.75, 3.05) is 25.4 Å². The summed E-state index contributed by atoms with van der Waals surface area (Å²) in [5, 5.41) is 3.48. The monoisotopic (exact) mass is 271 g/mol. The van der Waals surface area contributed by atoms with E-state index in [1.165, 1.54) is 38.2 Å². The molecule has 0 unspecified atom stereocenters. The second-order valence-electron chi connectivity index (χ2n) is 3.77. The topological polar surface area (TPSA) is 77.2 Å². The SMILES string of the molecule is C1CCNC1.CCOC(=O)c1cnc(Cl)cc1N. The van der Waals surface area contributed by atoms with Gasteiger partial charge in [-0.25, -0.2) is 9.78 Å². The molecule has 1 fully saturated rings. The number of nitrogen functional groups attached to an aromatic ring is 1. The molecule has 0 amide bonds. The number of carbonyl (C=O) groups is 1. The van der Waals surface area contributed by atoms with Gasteiger partial charge in [0.25, 0.3) is 0 Å². The lowest BCUT2D eigenvalue weighted by Gasteiger charge is -2.03. The number of aromatic nitrogens is 1. The average Bonchev–Trinajstić information content (AvgIpc) is 2.87. The highest BCUT2D eigenvalue weighted by Gasteiger charge is 2.10. The van der Waals surface area contributed by atoms with E-state index >= 15 is 0 Å². The van der Waals surface area contributed by atoms with Crippen LogP contribution < -0.4 is 11.1 Å². The number of hydrogen-bond acceptors (Lipinski definition) is 5. The van der Waals surface area contributed by atoms with Crippen LogP contribution in [0.1, 0.15) is 30.1 Å². The summed E-state index contributed by atoms with van der Waals surface area (Å²) in [5.41, 5.74) is 6.05. The van der Waals surface area contributed by atoms with Gasteiger partial charge >= 0.3 is 5.97 Å². The van der Waals surface area contributed by atoms with Crippen molar-refractivity contribution in [3.05, 3.63) is 23.0 Å². The largest absolute Gasteiger partial charge is 0.462 e. The van der Waals surface area contributed by atoms with Crippen molar-refractivity contribution < 1.29 is 9.53 Å². The molecule has 100 valence electrons. The Hall–Kier alpha value is -1.33. The molecule has 1 aromatic rings. The number of carbonyl (C=O) groups excluding carboxylic acids is 1. The molecular weight excluding hydrogens is 254 g/mol. The van der Waals surface area contributed by atoms with Crippen LogP contribution >= 0.6 is 11.6 Å². The Bertz CT molecular complexity index is 387. The van der Waals surface area contributed by atoms with Gasteiger partial charge in [0.2, 0.25) is 0 Å². The first-order valence-electron chi connectivity index (χ1n) is 5.94. The van der Waals surface area contributed by atoms with Crippen LogP contribution in [-0.2, 0) is 4.74 Å². The molecule has 6 heteroatoms. The van der Waals surface area contributed by atoms with Crippen molar-refractivity contribution in [2.45, 2.75) is 19.8 Å². The van der Waals surface area contributed by atoms with Gasteiger partial charge in [0.15, 0.2) is 0 Å². The molecule has 0 spiro atoms. The molecule has 3 N–H and O–H groups in total. The predicted octanol–water partition coefficient (Wildman–Crippen LogP) is 1.86. The normalized spacial score (nSPS) is 13.7. The summed E-state index contributed by atoms with van der Waals surface area (Å²) in [4.78, 5) is 14.9. The van der Waals surface area contributed by atoms with E-state index in [4.69, 9.17) is 22.1 Å². The zero-order chi connectivity index (χ0) is 13.4. The molecule has 0 bridgehead atoms. The third-order valence-corrected chi connectivity index (χ3v) is 2.56. The molecule has 2 rings (SSSR count). The van der Waals surface area contributed by atoms with Gasteiger partial charge in [-0.15, -0.1) is 0 Å². The van der Waals surface area contributed by atoms with Crippen molar-refractivity contribution in [2.24, 2.45) is 0 Å². The third-order valence-electron chi connectivity index (χ3n) is 2.36. The number of nitrogens with one attached hydrogen (secondary N) is 1. The molecule has 0 atom stereocenters. The number of nitrogens with zero attached hydrogens (tertiary/aromatic N) is 1. The number of esters is 1. The second-order valence-corrected chi connectivity index (χ2v) is 4.16. The number of rotatable bonds is 2. The molecule has 2 heterocycles. The lowest BCUT2D eigenvalue weighted by Crippen LogP contribution is -2.08. The van der Waals surface area contributed by atoms with Gasteiger partial charge < -0.3 is 15.8 Å². The van der Waals surface area contributed by atoms with Gasteiger partial charge in [-0.3, -0.25) is 0 Å². The summed E-state index contributed by atoms with van der Waals surface area (Å²) in [6, 6.07) is 1.41. The Labute approximate surface area is 112 Å². The number of anilines is 1. The average molecular weight is 272 g/mol. The maximum atomic E-state index is 11.2. The van der Waals surface area contributed by atoms with E-state index in [2.05, 4.69) is 10.3 Å². The van der Waals surface area contributed by atoms with Crippen LogP contribution in [0, 0.1) is 0 Å². The number of nitrogens with two attached hydrogens (primary N) is 1. The van der Waals surface area contributed by atoms with E-state index in [1.54, 1.807) is 6.92 Å². The first-order valence-corrected chi connectivity index (χ1v) is 6.31. The number of pyridine rings is 1. The van der Waals surface area contributed by atoms with Crippen LogP contribution in [-0.4, -0.2) is 30.6 Å². The van der Waals surface area contributed by atoms with E-state index in [0.29, 0.717) is 6.61 Å². The predicted molar refractivity (Wildman–Crippen MR) is 71.7 cm³/mol. The van der Waals surface area contributed by atoms with Crippen LogP contribution in [0.2, 0.25) is 5.15 Å². The smallest absolute Gasteiger partial charge is 0.341 e. The molecular formula is C12H18ClN3O2. The number of hydrogen-bond donors (Lipinski definition) is 2. The maximum absolute atomic E-state index is 11.2. The molecule has 0 aliphatic carbocycles. The molecule has 1 aromatic heterocycles. The zero-order valence-electron chi connectivity index (χ0n) is 10.4. The Balaban J connectivity index is 0.000000269. The van der Waals surface area contributed by atoms with Crippen molar-refractivity contribution in [1.82, 2.24) is 10.3 Å². The van der Waals surface area contributed by atoms with Gasteiger partial charge in [0, 0.05) is 6.20 Å². The molecule has 18 heavy (non-hydrogen) atoms. The maximum Gasteiger partial charge on any atom is 0.341 e. The molecule has 1 saturated heterocycles. The Morgan fingerprint density at radius 3 is 2.67 bits per heavy atom. The molecule has 5 nitrogen and oxygen atoms in total. The fraction of sp³-hybridized carbons (Fsp3) is 0.500. The quantitative estimate of drug-likeness (QED) is 0.634. The Morgan fingerprint density at radius 2 is 2.22 bits per heavy atom. The highest BCUT2D eigenvalue weighted by atomic mass is 35.5. The standard InChI is InChI=1S/C8H9ClN2O2.C4H9N/c1-2-13-8(12)5-4-11-7(9)3-6(5)10;1-2-4-5-3-1/h3-4H,2H2,1H3,(H2,10,11);5H,1-4H2. The summed E-state index contributed by atoms with van der Waals surface area (Å²) in [6.07, 6.45) is 4.08. The summed E-state index contributed by atoms with van der Waals surface area (Å²) in [7, 11) is 0. The highest BCUT2D eigenvalue weighted by Crippen LogP contribution is 2.15. The molecule has 1 aliphatic heterocycles. The van der Waals surface area contributed by atoms with E-state index in [9.17, 15) is 4.79 Å². The van der Waals surface area contributed by atoms with Crippen LogP contribution in [0.25, 0.3) is 0 Å². The van der Waals surface area contributed by atoms with Gasteiger partial charge in [0.05, 0.1) is 12.3 Å². The highest BCUT2D eigenvalue weighted by molar-refractivity contribution is 6.29. The van der Waals surface area contributed by atoms with E-state index in [1.807, 2.05) is 0 Å². The third kappa shape index (κ3) is 4.89. The molecule has 0 aromatic carbocycles.